The summed E-state index contributed by atoms with van der Waals surface area (Å²) in [5.74, 6) is 0.474. The second kappa shape index (κ2) is 5.44. The number of nitrogens with two attached hydrogens (primary N) is 1. The van der Waals surface area contributed by atoms with Gasteiger partial charge in [0.25, 0.3) is 0 Å². The van der Waals surface area contributed by atoms with E-state index in [1.54, 1.807) is 19.5 Å². The number of hydrogen-bond acceptors (Lipinski definition) is 4. The van der Waals surface area contributed by atoms with Crippen molar-refractivity contribution in [1.29, 1.82) is 0 Å². The molecule has 1 heterocycles. The number of nitrogens with zero attached hydrogens (tertiary/aromatic N) is 1. The number of nitrogens with one attached hydrogen (secondary N) is 1. The molecule has 0 fully saturated rings. The third-order valence-corrected chi connectivity index (χ3v) is 1.87. The molecule has 0 aliphatic heterocycles. The molecular weight excluding hydrogens is 178 g/mol. The normalized spacial score (nSPS) is 12.4. The summed E-state index contributed by atoms with van der Waals surface area (Å²) >= 11 is 0. The molecule has 0 aliphatic rings. The molecule has 1 atom stereocenters. The molecule has 78 valence electrons. The average Bonchev–Trinajstić information content (AvgIpc) is 2.15. The van der Waals surface area contributed by atoms with E-state index in [2.05, 4.69) is 17.2 Å². The third-order valence-electron chi connectivity index (χ3n) is 1.87. The predicted molar refractivity (Wildman–Crippen MR) is 58.2 cm³/mol. The Kier molecular flexibility index (Phi) is 4.19. The van der Waals surface area contributed by atoms with E-state index in [0.717, 1.165) is 18.8 Å². The van der Waals surface area contributed by atoms with E-state index < -0.39 is 0 Å². The summed E-state index contributed by atoms with van der Waals surface area (Å²) in [6.07, 6.45) is 3.39. The van der Waals surface area contributed by atoms with Gasteiger partial charge in [-0.15, -0.1) is 0 Å². The molecule has 0 radical (unpaired) electrons. The van der Waals surface area contributed by atoms with E-state index in [1.165, 1.54) is 0 Å². The van der Waals surface area contributed by atoms with E-state index in [4.69, 9.17) is 10.5 Å². The Morgan fingerprint density at radius 1 is 1.57 bits per heavy atom. The monoisotopic (exact) mass is 195 g/mol. The van der Waals surface area contributed by atoms with Gasteiger partial charge < -0.3 is 15.8 Å². The second-order valence-corrected chi connectivity index (χ2v) is 3.45. The highest BCUT2D eigenvalue weighted by molar-refractivity contribution is 5.51. The van der Waals surface area contributed by atoms with Crippen LogP contribution in [0.4, 0.5) is 11.4 Å². The zero-order valence-electron chi connectivity index (χ0n) is 8.66. The van der Waals surface area contributed by atoms with Crippen LogP contribution in [0.2, 0.25) is 0 Å². The van der Waals surface area contributed by atoms with Gasteiger partial charge in [-0.05, 0) is 12.0 Å². The van der Waals surface area contributed by atoms with Gasteiger partial charge in [0.1, 0.15) is 0 Å². The van der Waals surface area contributed by atoms with Crippen molar-refractivity contribution in [3.8, 4) is 0 Å². The first-order valence-corrected chi connectivity index (χ1v) is 4.65. The largest absolute Gasteiger partial charge is 0.397 e. The first-order valence-electron chi connectivity index (χ1n) is 4.65. The molecular formula is C10H17N3O. The zero-order valence-corrected chi connectivity index (χ0v) is 8.66. The van der Waals surface area contributed by atoms with Crippen LogP contribution < -0.4 is 11.1 Å². The summed E-state index contributed by atoms with van der Waals surface area (Å²) in [6, 6.07) is 1.87. The number of rotatable bonds is 5. The fourth-order valence-corrected chi connectivity index (χ4v) is 1.19. The quantitative estimate of drug-likeness (QED) is 0.744. The van der Waals surface area contributed by atoms with Crippen LogP contribution in [0.1, 0.15) is 6.92 Å². The number of ether oxygens (including phenoxy) is 1. The maximum Gasteiger partial charge on any atom is 0.0547 e. The first-order chi connectivity index (χ1) is 6.72. The Balaban J connectivity index is 2.37. The Morgan fingerprint density at radius 2 is 2.36 bits per heavy atom. The Bertz CT molecular complexity index is 278. The van der Waals surface area contributed by atoms with Crippen molar-refractivity contribution in [2.45, 2.75) is 6.92 Å². The molecule has 1 unspecified atom stereocenters. The number of aromatic nitrogens is 1. The molecule has 1 aromatic heterocycles. The molecule has 14 heavy (non-hydrogen) atoms. The first kappa shape index (κ1) is 10.8. The van der Waals surface area contributed by atoms with Crippen LogP contribution in [0.25, 0.3) is 0 Å². The molecule has 0 aromatic carbocycles. The maximum absolute atomic E-state index is 5.60. The fraction of sp³-hybridized carbons (Fsp3) is 0.500. The highest BCUT2D eigenvalue weighted by atomic mass is 16.5. The van der Waals surface area contributed by atoms with Crippen molar-refractivity contribution in [3.05, 3.63) is 18.5 Å². The van der Waals surface area contributed by atoms with Gasteiger partial charge in [-0.3, -0.25) is 4.98 Å². The minimum absolute atomic E-state index is 0.474. The lowest BCUT2D eigenvalue weighted by atomic mass is 10.2. The van der Waals surface area contributed by atoms with Crippen LogP contribution in [0.5, 0.6) is 0 Å². The van der Waals surface area contributed by atoms with Crippen LogP contribution in [-0.2, 0) is 4.74 Å². The molecule has 4 heteroatoms. The molecule has 1 aromatic rings. The van der Waals surface area contributed by atoms with Gasteiger partial charge >= 0.3 is 0 Å². The number of anilines is 2. The second-order valence-electron chi connectivity index (χ2n) is 3.45. The van der Waals surface area contributed by atoms with E-state index >= 15 is 0 Å². The Morgan fingerprint density at radius 3 is 3.00 bits per heavy atom. The summed E-state index contributed by atoms with van der Waals surface area (Å²) in [5, 5.41) is 3.25. The van der Waals surface area contributed by atoms with Crippen molar-refractivity contribution < 1.29 is 4.74 Å². The smallest absolute Gasteiger partial charge is 0.0547 e. The topological polar surface area (TPSA) is 60.2 Å². The van der Waals surface area contributed by atoms with E-state index in [-0.39, 0.29) is 0 Å². The summed E-state index contributed by atoms with van der Waals surface area (Å²) in [5.41, 5.74) is 7.22. The maximum atomic E-state index is 5.60. The highest BCUT2D eigenvalue weighted by Crippen LogP contribution is 2.09. The van der Waals surface area contributed by atoms with Gasteiger partial charge in [0.2, 0.25) is 0 Å². The minimum Gasteiger partial charge on any atom is -0.397 e. The summed E-state index contributed by atoms with van der Waals surface area (Å²) in [4.78, 5) is 3.99. The van der Waals surface area contributed by atoms with Crippen LogP contribution >= 0.6 is 0 Å². The molecule has 0 saturated heterocycles. The summed E-state index contributed by atoms with van der Waals surface area (Å²) < 4.78 is 5.04. The van der Waals surface area contributed by atoms with Gasteiger partial charge in [-0.1, -0.05) is 6.92 Å². The zero-order chi connectivity index (χ0) is 10.4. The SMILES string of the molecule is COCC(C)CNc1cncc(N)c1. The van der Waals surface area contributed by atoms with Gasteiger partial charge in [-0.25, -0.2) is 0 Å². The van der Waals surface area contributed by atoms with Crippen molar-refractivity contribution in [3.63, 3.8) is 0 Å². The lowest BCUT2D eigenvalue weighted by Gasteiger charge is -2.12. The van der Waals surface area contributed by atoms with E-state index in [1.807, 2.05) is 6.07 Å². The van der Waals surface area contributed by atoms with Gasteiger partial charge in [0.05, 0.1) is 24.2 Å². The highest BCUT2D eigenvalue weighted by Gasteiger charge is 2.00. The van der Waals surface area contributed by atoms with Crippen molar-refractivity contribution >= 4 is 11.4 Å². The molecule has 4 nitrogen and oxygen atoms in total. The summed E-state index contributed by atoms with van der Waals surface area (Å²) in [6.45, 7) is 3.73. The molecule has 0 aliphatic carbocycles. The molecule has 3 N–H and O–H groups in total. The van der Waals surface area contributed by atoms with Crippen LogP contribution in [0, 0.1) is 5.92 Å². The molecule has 0 saturated carbocycles. The standard InChI is InChI=1S/C10H17N3O/c1-8(7-14-2)4-13-10-3-9(11)5-12-6-10/h3,5-6,8,13H,4,7,11H2,1-2H3. The van der Waals surface area contributed by atoms with Crippen molar-refractivity contribution in [2.24, 2.45) is 5.92 Å². The number of pyridine rings is 1. The Hall–Kier alpha value is -1.29. The molecule has 0 spiro atoms. The average molecular weight is 195 g/mol. The molecule has 0 amide bonds. The van der Waals surface area contributed by atoms with Crippen molar-refractivity contribution in [2.75, 3.05) is 31.3 Å². The van der Waals surface area contributed by atoms with Gasteiger partial charge in [0, 0.05) is 19.9 Å². The minimum atomic E-state index is 0.474. The third kappa shape index (κ3) is 3.62. The Labute approximate surface area is 84.5 Å². The lowest BCUT2D eigenvalue weighted by Crippen LogP contribution is -2.15. The lowest BCUT2D eigenvalue weighted by molar-refractivity contribution is 0.164. The van der Waals surface area contributed by atoms with E-state index in [0.29, 0.717) is 11.6 Å². The van der Waals surface area contributed by atoms with Crippen LogP contribution in [0.15, 0.2) is 18.5 Å². The summed E-state index contributed by atoms with van der Waals surface area (Å²) in [7, 11) is 1.71. The molecule has 1 rings (SSSR count). The van der Waals surface area contributed by atoms with Gasteiger partial charge in [0.15, 0.2) is 0 Å². The van der Waals surface area contributed by atoms with Crippen LogP contribution in [0.3, 0.4) is 0 Å². The van der Waals surface area contributed by atoms with Crippen molar-refractivity contribution in [1.82, 2.24) is 4.98 Å². The van der Waals surface area contributed by atoms with Gasteiger partial charge in [-0.2, -0.15) is 0 Å². The fourth-order valence-electron chi connectivity index (χ4n) is 1.19. The van der Waals surface area contributed by atoms with E-state index in [9.17, 15) is 0 Å². The number of methoxy groups -OCH3 is 1. The van der Waals surface area contributed by atoms with Crippen LogP contribution in [-0.4, -0.2) is 25.2 Å². The number of hydrogen-bond donors (Lipinski definition) is 2. The molecule has 0 bridgehead atoms. The predicted octanol–water partition coefficient (Wildman–Crippen LogP) is 1.36. The number of nitrogen functional groups attached to an aromatic ring is 1.